The van der Waals surface area contributed by atoms with Gasteiger partial charge in [0.2, 0.25) is 5.96 Å². The fraction of sp³-hybridized carbons (Fsp3) is 0.545. The summed E-state index contributed by atoms with van der Waals surface area (Å²) in [6.45, 7) is 4.47. The summed E-state index contributed by atoms with van der Waals surface area (Å²) in [4.78, 5) is 35.1. The molecule has 0 radical (unpaired) electrons. The summed E-state index contributed by atoms with van der Waals surface area (Å²) < 4.78 is 11.4. The molecule has 8 nitrogen and oxygen atoms in total. The van der Waals surface area contributed by atoms with Crippen molar-refractivity contribution >= 4 is 18.1 Å². The van der Waals surface area contributed by atoms with Gasteiger partial charge in [-0.1, -0.05) is 100 Å². The lowest BCUT2D eigenvalue weighted by Gasteiger charge is -2.46. The van der Waals surface area contributed by atoms with Crippen LogP contribution in [0.4, 0.5) is 9.59 Å². The van der Waals surface area contributed by atoms with Crippen molar-refractivity contribution in [3.63, 3.8) is 0 Å². The van der Waals surface area contributed by atoms with Crippen molar-refractivity contribution in [1.29, 1.82) is 0 Å². The Morgan fingerprint density at radius 1 is 0.902 bits per heavy atom. The zero-order valence-corrected chi connectivity index (χ0v) is 24.5. The lowest BCUT2D eigenvalue weighted by atomic mass is 9.96. The van der Waals surface area contributed by atoms with E-state index in [0.29, 0.717) is 12.4 Å². The Hall–Kier alpha value is -3.39. The van der Waals surface area contributed by atoms with Crippen LogP contribution in [0.2, 0.25) is 0 Å². The maximum absolute atomic E-state index is 13.8. The molecule has 0 spiro atoms. The summed E-state index contributed by atoms with van der Waals surface area (Å²) in [5, 5.41) is 10.8. The van der Waals surface area contributed by atoms with E-state index in [1.807, 2.05) is 60.7 Å². The van der Waals surface area contributed by atoms with Crippen LogP contribution in [-0.4, -0.2) is 57.3 Å². The maximum Gasteiger partial charge on any atom is 0.437 e. The maximum atomic E-state index is 13.8. The molecule has 4 atom stereocenters. The van der Waals surface area contributed by atoms with Gasteiger partial charge in [0.05, 0.1) is 6.10 Å². The molecule has 41 heavy (non-hydrogen) atoms. The predicted molar refractivity (Wildman–Crippen MR) is 159 cm³/mol. The van der Waals surface area contributed by atoms with Gasteiger partial charge in [-0.15, -0.1) is 4.99 Å². The minimum absolute atomic E-state index is 0.0240. The highest BCUT2D eigenvalue weighted by Gasteiger charge is 2.48. The summed E-state index contributed by atoms with van der Waals surface area (Å²) in [5.74, 6) is 0.295. The third-order valence-corrected chi connectivity index (χ3v) is 8.10. The molecular formula is C33H45N3O5. The third kappa shape index (κ3) is 8.55. The van der Waals surface area contributed by atoms with Gasteiger partial charge < -0.3 is 19.5 Å². The number of ether oxygens (including phenoxy) is 2. The Labute approximate surface area is 244 Å². The fourth-order valence-corrected chi connectivity index (χ4v) is 5.98. The minimum atomic E-state index is -0.739. The van der Waals surface area contributed by atoms with Crippen LogP contribution >= 0.6 is 0 Å². The van der Waals surface area contributed by atoms with Gasteiger partial charge in [0, 0.05) is 18.1 Å². The number of aliphatic hydroxyl groups is 1. The molecule has 0 aliphatic carbocycles. The topological polar surface area (TPSA) is 91.7 Å². The van der Waals surface area contributed by atoms with Gasteiger partial charge in [-0.05, 0) is 49.7 Å². The van der Waals surface area contributed by atoms with E-state index in [-0.39, 0.29) is 31.3 Å². The van der Waals surface area contributed by atoms with Gasteiger partial charge in [-0.2, -0.15) is 0 Å². The largest absolute Gasteiger partial charge is 0.444 e. The van der Waals surface area contributed by atoms with E-state index in [2.05, 4.69) is 23.7 Å². The number of unbranched alkanes of at least 4 members (excludes halogenated alkanes) is 2. The Morgan fingerprint density at radius 2 is 1.54 bits per heavy atom. The van der Waals surface area contributed by atoms with Crippen molar-refractivity contribution in [3.8, 4) is 0 Å². The normalized spacial score (nSPS) is 21.9. The number of nitrogens with zero attached hydrogens (tertiary/aromatic N) is 3. The second kappa shape index (κ2) is 15.6. The van der Waals surface area contributed by atoms with Crippen LogP contribution in [0.5, 0.6) is 0 Å². The summed E-state index contributed by atoms with van der Waals surface area (Å²) in [5.41, 5.74) is 1.75. The number of fused-ring (bicyclic) bond motifs is 1. The van der Waals surface area contributed by atoms with Crippen molar-refractivity contribution in [2.75, 3.05) is 0 Å². The van der Waals surface area contributed by atoms with E-state index >= 15 is 0 Å². The molecule has 222 valence electrons. The van der Waals surface area contributed by atoms with Crippen LogP contribution in [-0.2, 0) is 22.7 Å². The van der Waals surface area contributed by atoms with Crippen molar-refractivity contribution in [2.45, 2.75) is 115 Å². The lowest BCUT2D eigenvalue weighted by Crippen LogP contribution is -2.61. The van der Waals surface area contributed by atoms with Crippen LogP contribution in [0.15, 0.2) is 65.7 Å². The van der Waals surface area contributed by atoms with Crippen LogP contribution in [0.3, 0.4) is 0 Å². The molecule has 2 heterocycles. The highest BCUT2D eigenvalue weighted by Crippen LogP contribution is 2.38. The smallest absolute Gasteiger partial charge is 0.437 e. The number of carbonyl (C=O) groups excluding carboxylic acids is 2. The highest BCUT2D eigenvalue weighted by molar-refractivity contribution is 6.00. The molecule has 2 saturated heterocycles. The molecule has 2 aliphatic heterocycles. The molecule has 0 unspecified atom stereocenters. The van der Waals surface area contributed by atoms with E-state index in [9.17, 15) is 14.7 Å². The molecule has 2 aromatic rings. The zero-order valence-electron chi connectivity index (χ0n) is 24.5. The number of aliphatic imine (C=N–C) groups is 1. The van der Waals surface area contributed by atoms with Crippen molar-refractivity contribution in [1.82, 2.24) is 9.80 Å². The van der Waals surface area contributed by atoms with Gasteiger partial charge in [0.25, 0.3) is 0 Å². The first-order valence-corrected chi connectivity index (χ1v) is 15.3. The fourth-order valence-electron chi connectivity index (χ4n) is 5.98. The number of hydrogen-bond acceptors (Lipinski definition) is 5. The summed E-state index contributed by atoms with van der Waals surface area (Å²) in [6, 6.07) is 19.0. The van der Waals surface area contributed by atoms with Crippen molar-refractivity contribution in [3.05, 3.63) is 71.8 Å². The van der Waals surface area contributed by atoms with Gasteiger partial charge >= 0.3 is 12.2 Å². The van der Waals surface area contributed by atoms with Gasteiger partial charge in [-0.3, -0.25) is 0 Å². The molecule has 2 aliphatic rings. The number of amides is 2. The number of guanidine groups is 1. The first-order chi connectivity index (χ1) is 20.0. The average molecular weight is 564 g/mol. The Morgan fingerprint density at radius 3 is 2.17 bits per heavy atom. The average Bonchev–Trinajstić information content (AvgIpc) is 3.39. The van der Waals surface area contributed by atoms with Crippen LogP contribution < -0.4 is 0 Å². The number of benzene rings is 2. The molecular weight excluding hydrogens is 518 g/mol. The first kappa shape index (κ1) is 30.6. The Bertz CT molecular complexity index is 1130. The highest BCUT2D eigenvalue weighted by atomic mass is 16.6. The van der Waals surface area contributed by atoms with Gasteiger partial charge in [0.1, 0.15) is 13.2 Å². The monoisotopic (exact) mass is 563 g/mol. The number of aliphatic hydroxyl groups excluding tert-OH is 1. The minimum Gasteiger partial charge on any atom is -0.444 e. The number of rotatable bonds is 12. The predicted octanol–water partition coefficient (Wildman–Crippen LogP) is 7.05. The number of hydrogen-bond donors (Lipinski definition) is 1. The SMILES string of the molecule is CCCC[C@H](O)C[C@@H]1CC[C@H]2C[C@@H](CCCC)N(C(=O)OCc3ccccc3)/C(=N/C(=O)OCc3ccccc3)N12. The van der Waals surface area contributed by atoms with Gasteiger partial charge in [0.15, 0.2) is 0 Å². The molecule has 0 saturated carbocycles. The van der Waals surface area contributed by atoms with E-state index in [1.165, 1.54) is 0 Å². The van der Waals surface area contributed by atoms with Gasteiger partial charge in [-0.25, -0.2) is 14.5 Å². The van der Waals surface area contributed by atoms with Crippen molar-refractivity contribution < 1.29 is 24.2 Å². The molecule has 4 rings (SSSR count). The summed E-state index contributed by atoms with van der Waals surface area (Å²) in [6.07, 6.45) is 6.91. The standard InChI is InChI=1S/C33H45N3O5/c1-3-5-17-27-21-28-19-20-29(22-30(37)18-6-4-2)35(28)31(34-32(38)40-23-25-13-9-7-10-14-25)36(27)33(39)41-24-26-15-11-8-12-16-26/h7-16,27-30,37H,3-6,17-24H2,1-2H3/b34-31+/t27-,28+,29+,30+/m1/s1. The van der Waals surface area contributed by atoms with E-state index < -0.39 is 18.3 Å². The lowest BCUT2D eigenvalue weighted by molar-refractivity contribution is 0.0676. The Kier molecular flexibility index (Phi) is 11.6. The molecule has 2 fully saturated rings. The second-order valence-electron chi connectivity index (χ2n) is 11.2. The first-order valence-electron chi connectivity index (χ1n) is 15.3. The molecule has 8 heteroatoms. The van der Waals surface area contributed by atoms with Crippen LogP contribution in [0.25, 0.3) is 0 Å². The van der Waals surface area contributed by atoms with Crippen molar-refractivity contribution in [2.24, 2.45) is 4.99 Å². The second-order valence-corrected chi connectivity index (χ2v) is 11.2. The Balaban J connectivity index is 1.62. The molecule has 0 aromatic heterocycles. The summed E-state index contributed by atoms with van der Waals surface area (Å²) in [7, 11) is 0. The van der Waals surface area contributed by atoms with Crippen LogP contribution in [0, 0.1) is 0 Å². The van der Waals surface area contributed by atoms with Crippen LogP contribution in [0.1, 0.15) is 89.2 Å². The van der Waals surface area contributed by atoms with E-state index in [0.717, 1.165) is 68.9 Å². The van der Waals surface area contributed by atoms with E-state index in [4.69, 9.17) is 9.47 Å². The molecule has 2 amide bonds. The van der Waals surface area contributed by atoms with E-state index in [1.54, 1.807) is 4.90 Å². The quantitative estimate of drug-likeness (QED) is 0.297. The zero-order chi connectivity index (χ0) is 29.0. The molecule has 2 aromatic carbocycles. The molecule has 1 N–H and O–H groups in total. The summed E-state index contributed by atoms with van der Waals surface area (Å²) >= 11 is 0. The third-order valence-electron chi connectivity index (χ3n) is 8.10. The number of carbonyl (C=O) groups is 2. The molecule has 0 bridgehead atoms.